The summed E-state index contributed by atoms with van der Waals surface area (Å²) in [6.07, 6.45) is 5.58. The summed E-state index contributed by atoms with van der Waals surface area (Å²) >= 11 is 0. The number of hydrogen-bond donors (Lipinski definition) is 2. The van der Waals surface area contributed by atoms with Gasteiger partial charge in [-0.2, -0.15) is 0 Å². The molecule has 1 unspecified atom stereocenters. The number of nitrogens with two attached hydrogens (primary N) is 1. The molecule has 0 bridgehead atoms. The first-order valence-electron chi connectivity index (χ1n) is 5.48. The molecule has 0 aromatic carbocycles. The third kappa shape index (κ3) is 3.18. The van der Waals surface area contributed by atoms with Crippen LogP contribution in [0.3, 0.4) is 0 Å². The monoisotopic (exact) mass is 199 g/mol. The molecule has 0 saturated carbocycles. The molecule has 0 radical (unpaired) electrons. The van der Waals surface area contributed by atoms with E-state index in [2.05, 4.69) is 17.0 Å². The molecule has 1 rings (SSSR count). The predicted octanol–water partition coefficient (Wildman–Crippen LogP) is 1.39. The lowest BCUT2D eigenvalue weighted by molar-refractivity contribution is 0.246. The van der Waals surface area contributed by atoms with Crippen molar-refractivity contribution < 1.29 is 5.21 Å². The van der Waals surface area contributed by atoms with Crippen molar-refractivity contribution in [1.29, 1.82) is 0 Å². The van der Waals surface area contributed by atoms with E-state index in [1.165, 1.54) is 25.8 Å². The number of oxime groups is 1. The van der Waals surface area contributed by atoms with E-state index in [1.807, 2.05) is 0 Å². The fraction of sp³-hybridized carbons (Fsp3) is 0.900. The first-order chi connectivity index (χ1) is 6.77. The maximum absolute atomic E-state index is 8.37. The lowest BCUT2D eigenvalue weighted by Crippen LogP contribution is -2.30. The molecule has 14 heavy (non-hydrogen) atoms. The summed E-state index contributed by atoms with van der Waals surface area (Å²) in [4.78, 5) is 2.52. The molecular formula is C10H21N3O. The van der Waals surface area contributed by atoms with E-state index < -0.39 is 0 Å². The highest BCUT2D eigenvalue weighted by atomic mass is 16.4. The number of nitrogens with zero attached hydrogens (tertiary/aromatic N) is 2. The van der Waals surface area contributed by atoms with Gasteiger partial charge in [-0.15, -0.1) is 0 Å². The quantitative estimate of drug-likeness (QED) is 0.304. The smallest absolute Gasteiger partial charge is 0.139 e. The summed E-state index contributed by atoms with van der Waals surface area (Å²) in [5.41, 5.74) is 5.41. The molecule has 4 nitrogen and oxygen atoms in total. The number of rotatable bonds is 5. The topological polar surface area (TPSA) is 61.8 Å². The lowest BCUT2D eigenvalue weighted by atomic mass is 10.1. The van der Waals surface area contributed by atoms with Gasteiger partial charge in [-0.1, -0.05) is 12.1 Å². The van der Waals surface area contributed by atoms with Gasteiger partial charge in [-0.25, -0.2) is 0 Å². The summed E-state index contributed by atoms with van der Waals surface area (Å²) < 4.78 is 0. The second kappa shape index (κ2) is 5.86. The van der Waals surface area contributed by atoms with E-state index >= 15 is 0 Å². The molecule has 1 atom stereocenters. The van der Waals surface area contributed by atoms with Crippen LogP contribution < -0.4 is 5.73 Å². The maximum Gasteiger partial charge on any atom is 0.139 e. The Morgan fingerprint density at radius 1 is 1.64 bits per heavy atom. The van der Waals surface area contributed by atoms with Crippen LogP contribution in [-0.4, -0.2) is 35.1 Å². The first-order valence-corrected chi connectivity index (χ1v) is 5.48. The van der Waals surface area contributed by atoms with Crippen molar-refractivity contribution >= 4 is 5.84 Å². The van der Waals surface area contributed by atoms with Crippen LogP contribution >= 0.6 is 0 Å². The number of hydrogen-bond acceptors (Lipinski definition) is 3. The predicted molar refractivity (Wildman–Crippen MR) is 57.5 cm³/mol. The summed E-state index contributed by atoms with van der Waals surface area (Å²) in [7, 11) is 0. The average Bonchev–Trinajstić information content (AvgIpc) is 2.65. The van der Waals surface area contributed by atoms with Gasteiger partial charge >= 0.3 is 0 Å². The highest BCUT2D eigenvalue weighted by Crippen LogP contribution is 2.19. The van der Waals surface area contributed by atoms with Crippen LogP contribution in [0.4, 0.5) is 0 Å². The van der Waals surface area contributed by atoms with E-state index in [-0.39, 0.29) is 0 Å². The van der Waals surface area contributed by atoms with Crippen molar-refractivity contribution in [2.75, 3.05) is 13.1 Å². The van der Waals surface area contributed by atoms with Gasteiger partial charge in [0.1, 0.15) is 5.84 Å². The van der Waals surface area contributed by atoms with Gasteiger partial charge in [-0.05, 0) is 38.8 Å². The minimum absolute atomic E-state index is 0.345. The highest BCUT2D eigenvalue weighted by Gasteiger charge is 2.21. The van der Waals surface area contributed by atoms with Gasteiger partial charge in [0.2, 0.25) is 0 Å². The minimum atomic E-state index is 0.345. The summed E-state index contributed by atoms with van der Waals surface area (Å²) in [6.45, 7) is 4.54. The molecule has 0 aliphatic carbocycles. The van der Waals surface area contributed by atoms with Crippen LogP contribution in [-0.2, 0) is 0 Å². The third-order valence-corrected chi connectivity index (χ3v) is 2.98. The Kier molecular flexibility index (Phi) is 4.73. The fourth-order valence-electron chi connectivity index (χ4n) is 2.17. The highest BCUT2D eigenvalue weighted by molar-refractivity contribution is 5.79. The average molecular weight is 199 g/mol. The van der Waals surface area contributed by atoms with Crippen LogP contribution in [0, 0.1) is 0 Å². The van der Waals surface area contributed by atoms with Crippen LogP contribution in [0.1, 0.15) is 39.0 Å². The molecular weight excluding hydrogens is 178 g/mol. The zero-order chi connectivity index (χ0) is 10.4. The Morgan fingerprint density at radius 2 is 2.43 bits per heavy atom. The second-order valence-corrected chi connectivity index (χ2v) is 3.94. The van der Waals surface area contributed by atoms with Gasteiger partial charge < -0.3 is 15.8 Å². The number of amidine groups is 1. The number of likely N-dealkylation sites (tertiary alicyclic amines) is 1. The largest absolute Gasteiger partial charge is 0.409 e. The summed E-state index contributed by atoms with van der Waals surface area (Å²) in [5, 5.41) is 11.3. The van der Waals surface area contributed by atoms with Crippen LogP contribution in [0.2, 0.25) is 0 Å². The van der Waals surface area contributed by atoms with Crippen LogP contribution in [0.25, 0.3) is 0 Å². The molecule has 0 aromatic rings. The van der Waals surface area contributed by atoms with Gasteiger partial charge in [0.05, 0.1) is 0 Å². The van der Waals surface area contributed by atoms with Gasteiger partial charge in [0.25, 0.3) is 0 Å². The van der Waals surface area contributed by atoms with Crippen molar-refractivity contribution in [1.82, 2.24) is 4.90 Å². The van der Waals surface area contributed by atoms with E-state index in [0.717, 1.165) is 19.0 Å². The SMILES string of the molecule is CCC1CCCN1CCC/C(N)=N/O. The molecule has 0 spiro atoms. The Bertz CT molecular complexity index is 194. The van der Waals surface area contributed by atoms with E-state index in [9.17, 15) is 0 Å². The Morgan fingerprint density at radius 3 is 3.07 bits per heavy atom. The molecule has 1 aliphatic heterocycles. The molecule has 1 saturated heterocycles. The van der Waals surface area contributed by atoms with E-state index in [1.54, 1.807) is 0 Å². The van der Waals surface area contributed by atoms with E-state index in [0.29, 0.717) is 12.3 Å². The van der Waals surface area contributed by atoms with Crippen LogP contribution in [0.15, 0.2) is 5.16 Å². The molecule has 0 amide bonds. The van der Waals surface area contributed by atoms with Gasteiger partial charge in [0, 0.05) is 12.5 Å². The van der Waals surface area contributed by atoms with Crippen molar-refractivity contribution in [2.24, 2.45) is 10.9 Å². The van der Waals surface area contributed by atoms with Crippen molar-refractivity contribution in [2.45, 2.75) is 45.1 Å². The van der Waals surface area contributed by atoms with Crippen LogP contribution in [0.5, 0.6) is 0 Å². The Labute approximate surface area is 85.8 Å². The summed E-state index contributed by atoms with van der Waals surface area (Å²) in [6, 6.07) is 0.766. The summed E-state index contributed by atoms with van der Waals surface area (Å²) in [5.74, 6) is 0.345. The van der Waals surface area contributed by atoms with Crippen molar-refractivity contribution in [3.63, 3.8) is 0 Å². The third-order valence-electron chi connectivity index (χ3n) is 2.98. The minimum Gasteiger partial charge on any atom is -0.409 e. The molecule has 1 fully saturated rings. The maximum atomic E-state index is 8.37. The molecule has 1 heterocycles. The van der Waals surface area contributed by atoms with Crippen molar-refractivity contribution in [3.8, 4) is 0 Å². The molecule has 0 aromatic heterocycles. The zero-order valence-corrected chi connectivity index (χ0v) is 8.95. The normalized spacial score (nSPS) is 24.4. The lowest BCUT2D eigenvalue weighted by Gasteiger charge is -2.22. The van der Waals surface area contributed by atoms with Crippen molar-refractivity contribution in [3.05, 3.63) is 0 Å². The second-order valence-electron chi connectivity index (χ2n) is 3.94. The zero-order valence-electron chi connectivity index (χ0n) is 8.95. The fourth-order valence-corrected chi connectivity index (χ4v) is 2.17. The molecule has 82 valence electrons. The van der Waals surface area contributed by atoms with Gasteiger partial charge in [0.15, 0.2) is 0 Å². The molecule has 3 N–H and O–H groups in total. The van der Waals surface area contributed by atoms with E-state index in [4.69, 9.17) is 10.9 Å². The first kappa shape index (κ1) is 11.3. The molecule has 1 aliphatic rings. The Balaban J connectivity index is 2.17. The Hall–Kier alpha value is -0.770. The molecule has 4 heteroatoms. The van der Waals surface area contributed by atoms with Gasteiger partial charge in [-0.3, -0.25) is 0 Å². The standard InChI is InChI=1S/C10H21N3O/c1-2-9-5-3-7-13(9)8-4-6-10(11)12-14/h9,14H,2-8H2,1H3,(H2,11,12).